The molecular weight excluding hydrogens is 290 g/mol. The Morgan fingerprint density at radius 2 is 2.17 bits per heavy atom. The number of ether oxygens (including phenoxy) is 1. The van der Waals surface area contributed by atoms with Gasteiger partial charge in [0, 0.05) is 29.4 Å². The van der Waals surface area contributed by atoms with Crippen molar-refractivity contribution in [1.82, 2.24) is 15.6 Å². The molecule has 1 aromatic heterocycles. The van der Waals surface area contributed by atoms with Gasteiger partial charge in [0.2, 0.25) is 0 Å². The lowest BCUT2D eigenvalue weighted by Crippen LogP contribution is -2.43. The number of aromatic amines is 1. The highest BCUT2D eigenvalue weighted by molar-refractivity contribution is 5.93. The minimum absolute atomic E-state index is 0.0292. The number of carbonyl (C=O) groups excluding carboxylic acids is 1. The number of hydrogen-bond acceptors (Lipinski definition) is 3. The summed E-state index contributed by atoms with van der Waals surface area (Å²) in [4.78, 5) is 15.7. The minimum atomic E-state index is -0.0292. The molecule has 0 aliphatic carbocycles. The fraction of sp³-hybridized carbons (Fsp3) is 0.389. The predicted octanol–water partition coefficient (Wildman–Crippen LogP) is 2.31. The maximum Gasteiger partial charge on any atom is 0.267 e. The first-order valence-electron chi connectivity index (χ1n) is 8.13. The van der Waals surface area contributed by atoms with E-state index in [0.29, 0.717) is 17.8 Å². The van der Waals surface area contributed by atoms with Crippen molar-refractivity contribution in [1.29, 1.82) is 0 Å². The molecule has 5 nitrogen and oxygen atoms in total. The fourth-order valence-corrected chi connectivity index (χ4v) is 3.72. The monoisotopic (exact) mass is 311 g/mol. The van der Waals surface area contributed by atoms with E-state index in [2.05, 4.69) is 15.6 Å². The summed E-state index contributed by atoms with van der Waals surface area (Å²) in [6.07, 6.45) is 3.44. The van der Waals surface area contributed by atoms with Crippen LogP contribution in [0.3, 0.4) is 0 Å². The van der Waals surface area contributed by atoms with Crippen LogP contribution >= 0.6 is 0 Å². The summed E-state index contributed by atoms with van der Waals surface area (Å²) in [5.74, 6) is 0.773. The summed E-state index contributed by atoms with van der Waals surface area (Å²) < 4.78 is 5.25. The number of aromatic nitrogens is 1. The van der Waals surface area contributed by atoms with Crippen LogP contribution in [0.1, 0.15) is 29.8 Å². The molecule has 23 heavy (non-hydrogen) atoms. The first-order chi connectivity index (χ1) is 11.2. The SMILES string of the molecule is COc1cccc(-c2ccc(C(=O)N[C@@H]3C[C@H]4CC[C@@H]3N4)[nH]2)c1. The number of fused-ring (bicyclic) bond motifs is 2. The van der Waals surface area contributed by atoms with Gasteiger partial charge < -0.3 is 20.4 Å². The molecule has 0 saturated carbocycles. The second kappa shape index (κ2) is 5.74. The molecule has 5 heteroatoms. The van der Waals surface area contributed by atoms with E-state index in [1.165, 1.54) is 6.42 Å². The number of rotatable bonds is 4. The number of H-pyrrole nitrogens is 1. The van der Waals surface area contributed by atoms with Gasteiger partial charge in [0.05, 0.1) is 7.11 Å². The number of methoxy groups -OCH3 is 1. The number of benzene rings is 1. The molecule has 3 heterocycles. The van der Waals surface area contributed by atoms with Crippen molar-refractivity contribution in [2.45, 2.75) is 37.4 Å². The summed E-state index contributed by atoms with van der Waals surface area (Å²) in [6.45, 7) is 0. The molecule has 2 aliphatic heterocycles. The number of amides is 1. The normalized spacial score (nSPS) is 25.5. The van der Waals surface area contributed by atoms with Gasteiger partial charge in [-0.3, -0.25) is 4.79 Å². The molecule has 2 aromatic rings. The summed E-state index contributed by atoms with van der Waals surface area (Å²) in [6, 6.07) is 12.8. The standard InChI is InChI=1S/C18H21N3O2/c1-23-13-4-2-3-11(9-13)14-7-8-16(20-14)18(22)21-17-10-12-5-6-15(17)19-12/h2-4,7-9,12,15,17,19-20H,5-6,10H2,1H3,(H,21,22)/t12-,15+,17-/m1/s1. The van der Waals surface area contributed by atoms with Gasteiger partial charge in [-0.25, -0.2) is 0 Å². The van der Waals surface area contributed by atoms with E-state index in [1.54, 1.807) is 7.11 Å². The van der Waals surface area contributed by atoms with E-state index in [4.69, 9.17) is 4.74 Å². The second-order valence-electron chi connectivity index (χ2n) is 6.38. The van der Waals surface area contributed by atoms with Crippen LogP contribution in [0.25, 0.3) is 11.3 Å². The summed E-state index contributed by atoms with van der Waals surface area (Å²) in [5, 5.41) is 6.70. The van der Waals surface area contributed by atoms with Crippen molar-refractivity contribution in [3.05, 3.63) is 42.1 Å². The fourth-order valence-electron chi connectivity index (χ4n) is 3.72. The van der Waals surface area contributed by atoms with Crippen molar-refractivity contribution in [2.75, 3.05) is 7.11 Å². The highest BCUT2D eigenvalue weighted by Crippen LogP contribution is 2.28. The molecule has 2 saturated heterocycles. The van der Waals surface area contributed by atoms with Crippen LogP contribution in [0.2, 0.25) is 0 Å². The van der Waals surface area contributed by atoms with Crippen LogP contribution in [0.5, 0.6) is 5.75 Å². The smallest absolute Gasteiger partial charge is 0.267 e. The van der Waals surface area contributed by atoms with Crippen LogP contribution < -0.4 is 15.4 Å². The van der Waals surface area contributed by atoms with Crippen molar-refractivity contribution in [3.8, 4) is 17.0 Å². The van der Waals surface area contributed by atoms with Gasteiger partial charge in [0.25, 0.3) is 5.91 Å². The first-order valence-corrected chi connectivity index (χ1v) is 8.13. The zero-order valence-electron chi connectivity index (χ0n) is 13.1. The van der Waals surface area contributed by atoms with Gasteiger partial charge in [-0.15, -0.1) is 0 Å². The van der Waals surface area contributed by atoms with E-state index in [-0.39, 0.29) is 11.9 Å². The molecule has 0 spiro atoms. The highest BCUT2D eigenvalue weighted by Gasteiger charge is 2.39. The molecule has 3 N–H and O–H groups in total. The van der Waals surface area contributed by atoms with Crippen LogP contribution in [0, 0.1) is 0 Å². The third-order valence-corrected chi connectivity index (χ3v) is 4.93. The first kappa shape index (κ1) is 14.3. The lowest BCUT2D eigenvalue weighted by Gasteiger charge is -2.21. The van der Waals surface area contributed by atoms with E-state index < -0.39 is 0 Å². The second-order valence-corrected chi connectivity index (χ2v) is 6.38. The Balaban J connectivity index is 1.47. The molecule has 0 unspecified atom stereocenters. The van der Waals surface area contributed by atoms with Gasteiger partial charge in [0.15, 0.2) is 0 Å². The topological polar surface area (TPSA) is 66.2 Å². The Morgan fingerprint density at radius 3 is 2.91 bits per heavy atom. The average Bonchev–Trinajstić information content (AvgIpc) is 3.31. The Bertz CT molecular complexity index is 725. The Labute approximate surface area is 135 Å². The maximum atomic E-state index is 12.4. The number of hydrogen-bond donors (Lipinski definition) is 3. The van der Waals surface area contributed by atoms with Crippen molar-refractivity contribution in [3.63, 3.8) is 0 Å². The molecular formula is C18H21N3O2. The summed E-state index contributed by atoms with van der Waals surface area (Å²) in [5.41, 5.74) is 2.52. The third kappa shape index (κ3) is 2.72. The predicted molar refractivity (Wildman–Crippen MR) is 88.6 cm³/mol. The lowest BCUT2D eigenvalue weighted by molar-refractivity contribution is 0.0926. The number of nitrogens with one attached hydrogen (secondary N) is 3. The molecule has 2 aliphatic rings. The third-order valence-electron chi connectivity index (χ3n) is 4.93. The summed E-state index contributed by atoms with van der Waals surface area (Å²) >= 11 is 0. The molecule has 120 valence electrons. The van der Waals surface area contributed by atoms with Gasteiger partial charge in [0.1, 0.15) is 11.4 Å². The van der Waals surface area contributed by atoms with Crippen LogP contribution in [-0.4, -0.2) is 36.1 Å². The quantitative estimate of drug-likeness (QED) is 0.812. The zero-order valence-corrected chi connectivity index (χ0v) is 13.1. The molecule has 2 bridgehead atoms. The average molecular weight is 311 g/mol. The van der Waals surface area contributed by atoms with Gasteiger partial charge in [-0.05, 0) is 43.5 Å². The van der Waals surface area contributed by atoms with E-state index >= 15 is 0 Å². The zero-order chi connectivity index (χ0) is 15.8. The number of carbonyl (C=O) groups is 1. The lowest BCUT2D eigenvalue weighted by atomic mass is 9.95. The van der Waals surface area contributed by atoms with Gasteiger partial charge >= 0.3 is 0 Å². The molecule has 4 rings (SSSR count). The molecule has 0 radical (unpaired) electrons. The maximum absolute atomic E-state index is 12.4. The van der Waals surface area contributed by atoms with Crippen molar-refractivity contribution < 1.29 is 9.53 Å². The van der Waals surface area contributed by atoms with Gasteiger partial charge in [-0.1, -0.05) is 12.1 Å². The minimum Gasteiger partial charge on any atom is -0.497 e. The van der Waals surface area contributed by atoms with E-state index in [9.17, 15) is 4.79 Å². The van der Waals surface area contributed by atoms with Crippen LogP contribution in [0.15, 0.2) is 36.4 Å². The Morgan fingerprint density at radius 1 is 1.26 bits per heavy atom. The molecule has 1 amide bonds. The van der Waals surface area contributed by atoms with Crippen LogP contribution in [0.4, 0.5) is 0 Å². The Kier molecular flexibility index (Phi) is 3.58. The largest absolute Gasteiger partial charge is 0.497 e. The summed E-state index contributed by atoms with van der Waals surface area (Å²) in [7, 11) is 1.65. The molecule has 3 atom stereocenters. The van der Waals surface area contributed by atoms with Crippen LogP contribution in [-0.2, 0) is 0 Å². The molecule has 1 aromatic carbocycles. The Hall–Kier alpha value is -2.27. The van der Waals surface area contributed by atoms with E-state index in [1.807, 2.05) is 36.4 Å². The molecule has 2 fully saturated rings. The van der Waals surface area contributed by atoms with Crippen molar-refractivity contribution >= 4 is 5.91 Å². The van der Waals surface area contributed by atoms with Crippen molar-refractivity contribution in [2.24, 2.45) is 0 Å². The van der Waals surface area contributed by atoms with E-state index in [0.717, 1.165) is 29.8 Å². The van der Waals surface area contributed by atoms with Gasteiger partial charge in [-0.2, -0.15) is 0 Å². The highest BCUT2D eigenvalue weighted by atomic mass is 16.5.